The Bertz CT molecular complexity index is 1530. The number of rotatable bonds is 8. The summed E-state index contributed by atoms with van der Waals surface area (Å²) in [5, 5.41) is 5.45. The van der Waals surface area contributed by atoms with Gasteiger partial charge in [-0.1, -0.05) is 54.6 Å². The Morgan fingerprint density at radius 2 is 1.74 bits per heavy atom. The van der Waals surface area contributed by atoms with Crippen LogP contribution in [0.1, 0.15) is 51.7 Å². The molecule has 0 unspecified atom stereocenters. The van der Waals surface area contributed by atoms with Crippen LogP contribution in [0.4, 0.5) is 0 Å². The zero-order valence-electron chi connectivity index (χ0n) is 21.9. The normalized spacial score (nSPS) is 14.9. The fourth-order valence-corrected chi connectivity index (χ4v) is 6.76. The Morgan fingerprint density at radius 3 is 2.58 bits per heavy atom. The summed E-state index contributed by atoms with van der Waals surface area (Å²) in [7, 11) is 0. The number of aryl methyl sites for hydroxylation is 2. The number of carbonyl (C=O) groups excluding carboxylic acids is 1. The molecule has 0 radical (unpaired) electrons. The molecule has 1 saturated heterocycles. The van der Waals surface area contributed by atoms with E-state index < -0.39 is 0 Å². The number of fused-ring (bicyclic) bond motifs is 2. The molecule has 3 aromatic carbocycles. The molecular formula is C32H34N4OS. The quantitative estimate of drug-likeness (QED) is 0.245. The molecule has 6 heteroatoms. The van der Waals surface area contributed by atoms with Crippen molar-refractivity contribution in [2.24, 2.45) is 0 Å². The van der Waals surface area contributed by atoms with Gasteiger partial charge in [0.2, 0.25) is 0 Å². The lowest BCUT2D eigenvalue weighted by Crippen LogP contribution is -2.34. The van der Waals surface area contributed by atoms with Crippen LogP contribution in [0.5, 0.6) is 0 Å². The van der Waals surface area contributed by atoms with Crippen LogP contribution in [0.2, 0.25) is 0 Å². The number of carbonyl (C=O) groups is 1. The first-order chi connectivity index (χ1) is 18.7. The van der Waals surface area contributed by atoms with Gasteiger partial charge in [-0.05, 0) is 75.1 Å². The zero-order chi connectivity index (χ0) is 25.9. The third-order valence-corrected chi connectivity index (χ3v) is 9.05. The van der Waals surface area contributed by atoms with Gasteiger partial charge in [-0.25, -0.2) is 4.98 Å². The van der Waals surface area contributed by atoms with Gasteiger partial charge in [-0.2, -0.15) is 0 Å². The maximum atomic E-state index is 13.1. The first-order valence-corrected chi connectivity index (χ1v) is 14.5. The summed E-state index contributed by atoms with van der Waals surface area (Å²) in [4.78, 5) is 20.6. The lowest BCUT2D eigenvalue weighted by atomic mass is 9.97. The van der Waals surface area contributed by atoms with Gasteiger partial charge in [0.05, 0.1) is 20.8 Å². The molecule has 1 aliphatic heterocycles. The Kier molecular flexibility index (Phi) is 7.25. The molecule has 0 atom stereocenters. The molecule has 6 rings (SSSR count). The average Bonchev–Trinajstić information content (AvgIpc) is 3.55. The van der Waals surface area contributed by atoms with Gasteiger partial charge in [0.1, 0.15) is 0 Å². The molecule has 1 aliphatic rings. The number of nitrogens with zero attached hydrogens (tertiary/aromatic N) is 3. The molecule has 1 amide bonds. The summed E-state index contributed by atoms with van der Waals surface area (Å²) in [5.41, 5.74) is 5.36. The third kappa shape index (κ3) is 5.24. The van der Waals surface area contributed by atoms with Crippen molar-refractivity contribution >= 4 is 38.4 Å². The number of nitrogens with one attached hydrogen (secondary N) is 1. The van der Waals surface area contributed by atoms with Crippen molar-refractivity contribution in [2.75, 3.05) is 19.6 Å². The van der Waals surface area contributed by atoms with Crippen molar-refractivity contribution in [3.8, 4) is 0 Å². The van der Waals surface area contributed by atoms with Crippen LogP contribution in [0.3, 0.4) is 0 Å². The highest BCUT2D eigenvalue weighted by Crippen LogP contribution is 2.34. The molecule has 0 saturated carbocycles. The summed E-state index contributed by atoms with van der Waals surface area (Å²) < 4.78 is 3.55. The van der Waals surface area contributed by atoms with Gasteiger partial charge in [-0.3, -0.25) is 4.79 Å². The molecule has 0 bridgehead atoms. The van der Waals surface area contributed by atoms with E-state index in [0.29, 0.717) is 12.5 Å². The Balaban J connectivity index is 1.05. The number of hydrogen-bond donors (Lipinski definition) is 1. The molecule has 3 heterocycles. The first kappa shape index (κ1) is 24.8. The number of likely N-dealkylation sites (tertiary alicyclic amines) is 1. The number of amides is 1. The molecule has 194 valence electrons. The van der Waals surface area contributed by atoms with Gasteiger partial charge < -0.3 is 14.8 Å². The summed E-state index contributed by atoms with van der Waals surface area (Å²) in [6.45, 7) is 6.85. The van der Waals surface area contributed by atoms with Crippen LogP contribution in [-0.2, 0) is 13.1 Å². The molecule has 5 nitrogen and oxygen atoms in total. The van der Waals surface area contributed by atoms with Crippen LogP contribution in [-0.4, -0.2) is 40.0 Å². The van der Waals surface area contributed by atoms with Crippen molar-refractivity contribution in [2.45, 2.75) is 45.2 Å². The lowest BCUT2D eigenvalue weighted by Gasteiger charge is -2.31. The number of para-hydroxylation sites is 2. The fourth-order valence-electron chi connectivity index (χ4n) is 5.62. The minimum Gasteiger partial charge on any atom is -0.348 e. The van der Waals surface area contributed by atoms with E-state index in [4.69, 9.17) is 4.98 Å². The smallest absolute Gasteiger partial charge is 0.253 e. The predicted molar refractivity (Wildman–Crippen MR) is 157 cm³/mol. The van der Waals surface area contributed by atoms with E-state index in [9.17, 15) is 4.79 Å². The number of benzene rings is 3. The first-order valence-electron chi connectivity index (χ1n) is 13.6. The molecular weight excluding hydrogens is 488 g/mol. The van der Waals surface area contributed by atoms with Gasteiger partial charge >= 0.3 is 0 Å². The summed E-state index contributed by atoms with van der Waals surface area (Å²) in [6, 6.07) is 24.9. The Hall–Kier alpha value is -3.48. The standard InChI is InChI=1S/C32H34N4OS/c1-23-9-2-3-10-25(23)21-33-31(37)27-22-36(29-13-6-4-11-26(27)29)18-8-17-35-19-15-24(16-20-35)32-34-28-12-5-7-14-30(28)38-32/h2-7,9-14,22,24H,8,15-21H2,1H3,(H,33,37). The van der Waals surface area contributed by atoms with Crippen molar-refractivity contribution in [3.05, 3.63) is 101 Å². The zero-order valence-corrected chi connectivity index (χ0v) is 22.7. The number of piperidine rings is 1. The van der Waals surface area contributed by atoms with E-state index in [1.807, 2.05) is 35.7 Å². The monoisotopic (exact) mass is 522 g/mol. The van der Waals surface area contributed by atoms with Crippen LogP contribution in [0.25, 0.3) is 21.1 Å². The highest BCUT2D eigenvalue weighted by molar-refractivity contribution is 7.18. The van der Waals surface area contributed by atoms with Gasteiger partial charge in [0, 0.05) is 36.1 Å². The van der Waals surface area contributed by atoms with E-state index in [2.05, 4.69) is 76.3 Å². The molecule has 0 spiro atoms. The van der Waals surface area contributed by atoms with E-state index >= 15 is 0 Å². The van der Waals surface area contributed by atoms with Crippen LogP contribution in [0, 0.1) is 6.92 Å². The largest absolute Gasteiger partial charge is 0.348 e. The Labute approximate surface area is 228 Å². The van der Waals surface area contributed by atoms with Crippen molar-refractivity contribution < 1.29 is 4.79 Å². The van der Waals surface area contributed by atoms with Gasteiger partial charge in [0.25, 0.3) is 5.91 Å². The van der Waals surface area contributed by atoms with E-state index in [1.165, 1.54) is 28.1 Å². The molecule has 2 aromatic heterocycles. The second kappa shape index (κ2) is 11.1. The van der Waals surface area contributed by atoms with E-state index in [-0.39, 0.29) is 5.91 Å². The fraction of sp³-hybridized carbons (Fsp3) is 0.312. The summed E-state index contributed by atoms with van der Waals surface area (Å²) >= 11 is 1.86. The molecule has 1 fully saturated rings. The number of thiazole rings is 1. The lowest BCUT2D eigenvalue weighted by molar-refractivity contribution is 0.0952. The maximum Gasteiger partial charge on any atom is 0.253 e. The highest BCUT2D eigenvalue weighted by Gasteiger charge is 2.23. The maximum absolute atomic E-state index is 13.1. The summed E-state index contributed by atoms with van der Waals surface area (Å²) in [5.74, 6) is 0.568. The topological polar surface area (TPSA) is 50.2 Å². The van der Waals surface area contributed by atoms with Crippen LogP contribution >= 0.6 is 11.3 Å². The molecule has 0 aliphatic carbocycles. The minimum atomic E-state index is -0.0138. The van der Waals surface area contributed by atoms with E-state index in [1.54, 1.807) is 0 Å². The number of hydrogen-bond acceptors (Lipinski definition) is 4. The number of aromatic nitrogens is 2. The van der Waals surface area contributed by atoms with Crippen molar-refractivity contribution in [3.63, 3.8) is 0 Å². The van der Waals surface area contributed by atoms with Gasteiger partial charge in [-0.15, -0.1) is 11.3 Å². The third-order valence-electron chi connectivity index (χ3n) is 7.85. The minimum absolute atomic E-state index is 0.0138. The second-order valence-electron chi connectivity index (χ2n) is 10.4. The SMILES string of the molecule is Cc1ccccc1CNC(=O)c1cn(CCCN2CCC(c3nc4ccccc4s3)CC2)c2ccccc12. The highest BCUT2D eigenvalue weighted by atomic mass is 32.1. The average molecular weight is 523 g/mol. The molecule has 38 heavy (non-hydrogen) atoms. The predicted octanol–water partition coefficient (Wildman–Crippen LogP) is 6.76. The van der Waals surface area contributed by atoms with Crippen molar-refractivity contribution in [1.82, 2.24) is 19.8 Å². The Morgan fingerprint density at radius 1 is 0.974 bits per heavy atom. The van der Waals surface area contributed by atoms with Crippen LogP contribution < -0.4 is 5.32 Å². The van der Waals surface area contributed by atoms with E-state index in [0.717, 1.165) is 60.1 Å². The molecule has 1 N–H and O–H groups in total. The summed E-state index contributed by atoms with van der Waals surface area (Å²) in [6.07, 6.45) is 5.46. The second-order valence-corrected chi connectivity index (χ2v) is 11.4. The van der Waals surface area contributed by atoms with Crippen molar-refractivity contribution in [1.29, 1.82) is 0 Å². The van der Waals surface area contributed by atoms with Crippen LogP contribution in [0.15, 0.2) is 79.0 Å². The molecule has 5 aromatic rings. The van der Waals surface area contributed by atoms with Gasteiger partial charge in [0.15, 0.2) is 0 Å².